The zero-order chi connectivity index (χ0) is 10.6. The lowest BCUT2D eigenvalue weighted by atomic mass is 9.91. The van der Waals surface area contributed by atoms with Crippen LogP contribution in [0.5, 0.6) is 0 Å². The number of aliphatic hydroxyl groups excluding tert-OH is 1. The SMILES string of the molecule is CC(O)(CCCO)c1ccc(Cl)cc1. The zero-order valence-corrected chi connectivity index (χ0v) is 8.96. The third-order valence-electron chi connectivity index (χ3n) is 2.29. The highest BCUT2D eigenvalue weighted by Crippen LogP contribution is 2.26. The summed E-state index contributed by atoms with van der Waals surface area (Å²) in [6, 6.07) is 7.12. The summed E-state index contributed by atoms with van der Waals surface area (Å²) in [5, 5.41) is 19.4. The molecule has 0 saturated carbocycles. The molecule has 1 aromatic carbocycles. The third kappa shape index (κ3) is 2.98. The van der Waals surface area contributed by atoms with Crippen LogP contribution in [0.1, 0.15) is 25.3 Å². The topological polar surface area (TPSA) is 40.5 Å². The van der Waals surface area contributed by atoms with Crippen molar-refractivity contribution in [3.05, 3.63) is 34.9 Å². The maximum absolute atomic E-state index is 10.1. The largest absolute Gasteiger partial charge is 0.396 e. The molecule has 0 heterocycles. The fraction of sp³-hybridized carbons (Fsp3) is 0.455. The molecular weight excluding hydrogens is 200 g/mol. The van der Waals surface area contributed by atoms with Crippen LogP contribution in [0.25, 0.3) is 0 Å². The minimum atomic E-state index is -0.882. The highest BCUT2D eigenvalue weighted by atomic mass is 35.5. The minimum Gasteiger partial charge on any atom is -0.396 e. The molecule has 1 aromatic rings. The fourth-order valence-corrected chi connectivity index (χ4v) is 1.50. The van der Waals surface area contributed by atoms with Crippen molar-refractivity contribution < 1.29 is 10.2 Å². The minimum absolute atomic E-state index is 0.101. The lowest BCUT2D eigenvalue weighted by Crippen LogP contribution is -2.21. The van der Waals surface area contributed by atoms with Gasteiger partial charge in [-0.25, -0.2) is 0 Å². The van der Waals surface area contributed by atoms with Gasteiger partial charge >= 0.3 is 0 Å². The molecule has 0 aliphatic heterocycles. The van der Waals surface area contributed by atoms with E-state index in [-0.39, 0.29) is 6.61 Å². The van der Waals surface area contributed by atoms with E-state index in [0.29, 0.717) is 17.9 Å². The van der Waals surface area contributed by atoms with Crippen LogP contribution in [0, 0.1) is 0 Å². The fourth-order valence-electron chi connectivity index (χ4n) is 1.38. The summed E-state index contributed by atoms with van der Waals surface area (Å²) in [5.74, 6) is 0. The zero-order valence-electron chi connectivity index (χ0n) is 8.20. The molecule has 1 rings (SSSR count). The molecule has 14 heavy (non-hydrogen) atoms. The van der Waals surface area contributed by atoms with Gasteiger partial charge in [0.1, 0.15) is 0 Å². The average molecular weight is 215 g/mol. The molecule has 3 heteroatoms. The van der Waals surface area contributed by atoms with Crippen molar-refractivity contribution in [3.8, 4) is 0 Å². The Kier molecular flexibility index (Phi) is 3.93. The Balaban J connectivity index is 2.75. The van der Waals surface area contributed by atoms with Gasteiger partial charge in [0.25, 0.3) is 0 Å². The van der Waals surface area contributed by atoms with Crippen LogP contribution in [0.4, 0.5) is 0 Å². The molecular formula is C11H15ClO2. The van der Waals surface area contributed by atoms with Gasteiger partial charge in [-0.1, -0.05) is 23.7 Å². The Bertz CT molecular complexity index is 280. The molecule has 2 N–H and O–H groups in total. The van der Waals surface area contributed by atoms with Crippen LogP contribution in [0.2, 0.25) is 5.02 Å². The van der Waals surface area contributed by atoms with Crippen molar-refractivity contribution >= 4 is 11.6 Å². The van der Waals surface area contributed by atoms with Crippen LogP contribution in [-0.4, -0.2) is 16.8 Å². The second kappa shape index (κ2) is 4.78. The van der Waals surface area contributed by atoms with Gasteiger partial charge in [0.2, 0.25) is 0 Å². The maximum Gasteiger partial charge on any atom is 0.0869 e. The van der Waals surface area contributed by atoms with E-state index < -0.39 is 5.60 Å². The quantitative estimate of drug-likeness (QED) is 0.808. The van der Waals surface area contributed by atoms with Gasteiger partial charge in [-0.05, 0) is 37.5 Å². The van der Waals surface area contributed by atoms with Crippen LogP contribution in [-0.2, 0) is 5.60 Å². The predicted octanol–water partition coefficient (Wildman–Crippen LogP) is 2.32. The van der Waals surface area contributed by atoms with Crippen molar-refractivity contribution in [2.45, 2.75) is 25.4 Å². The number of hydrogen-bond donors (Lipinski definition) is 2. The number of rotatable bonds is 4. The van der Waals surface area contributed by atoms with E-state index in [4.69, 9.17) is 16.7 Å². The Morgan fingerprint density at radius 1 is 1.29 bits per heavy atom. The smallest absolute Gasteiger partial charge is 0.0869 e. The van der Waals surface area contributed by atoms with Crippen LogP contribution in [0.15, 0.2) is 24.3 Å². The Hall–Kier alpha value is -0.570. The molecule has 1 atom stereocenters. The van der Waals surface area contributed by atoms with Gasteiger partial charge in [-0.15, -0.1) is 0 Å². The normalized spacial score (nSPS) is 15.1. The van der Waals surface area contributed by atoms with Gasteiger partial charge in [0.15, 0.2) is 0 Å². The van der Waals surface area contributed by atoms with E-state index in [1.165, 1.54) is 0 Å². The standard InChI is InChI=1S/C11H15ClO2/c1-11(14,7-2-8-13)9-3-5-10(12)6-4-9/h3-6,13-14H,2,7-8H2,1H3. The summed E-state index contributed by atoms with van der Waals surface area (Å²) in [6.45, 7) is 1.84. The Morgan fingerprint density at radius 3 is 2.36 bits per heavy atom. The van der Waals surface area contributed by atoms with E-state index in [0.717, 1.165) is 5.56 Å². The lowest BCUT2D eigenvalue weighted by Gasteiger charge is -2.23. The van der Waals surface area contributed by atoms with Crippen molar-refractivity contribution in [2.24, 2.45) is 0 Å². The van der Waals surface area contributed by atoms with E-state index >= 15 is 0 Å². The van der Waals surface area contributed by atoms with E-state index in [2.05, 4.69) is 0 Å². The molecule has 0 fully saturated rings. The second-order valence-electron chi connectivity index (χ2n) is 3.61. The van der Waals surface area contributed by atoms with Gasteiger partial charge in [0, 0.05) is 11.6 Å². The summed E-state index contributed by atoms with van der Waals surface area (Å²) in [7, 11) is 0. The van der Waals surface area contributed by atoms with Crippen molar-refractivity contribution in [1.82, 2.24) is 0 Å². The first kappa shape index (κ1) is 11.5. The summed E-state index contributed by atoms with van der Waals surface area (Å²) < 4.78 is 0. The monoisotopic (exact) mass is 214 g/mol. The highest BCUT2D eigenvalue weighted by molar-refractivity contribution is 6.30. The van der Waals surface area contributed by atoms with Crippen LogP contribution < -0.4 is 0 Å². The molecule has 78 valence electrons. The first-order chi connectivity index (χ1) is 6.56. The van der Waals surface area contributed by atoms with Gasteiger partial charge in [0.05, 0.1) is 5.60 Å². The highest BCUT2D eigenvalue weighted by Gasteiger charge is 2.21. The van der Waals surface area contributed by atoms with Crippen molar-refractivity contribution in [1.29, 1.82) is 0 Å². The lowest BCUT2D eigenvalue weighted by molar-refractivity contribution is 0.0403. The molecule has 0 bridgehead atoms. The van der Waals surface area contributed by atoms with Gasteiger partial charge in [-0.3, -0.25) is 0 Å². The van der Waals surface area contributed by atoms with Crippen molar-refractivity contribution in [3.63, 3.8) is 0 Å². The molecule has 0 radical (unpaired) electrons. The molecule has 0 saturated heterocycles. The first-order valence-corrected chi connectivity index (χ1v) is 5.03. The Morgan fingerprint density at radius 2 is 1.86 bits per heavy atom. The van der Waals surface area contributed by atoms with Gasteiger partial charge < -0.3 is 10.2 Å². The number of hydrogen-bond acceptors (Lipinski definition) is 2. The number of benzene rings is 1. The van der Waals surface area contributed by atoms with E-state index in [1.807, 2.05) is 0 Å². The third-order valence-corrected chi connectivity index (χ3v) is 2.54. The van der Waals surface area contributed by atoms with E-state index in [1.54, 1.807) is 31.2 Å². The molecule has 0 aliphatic rings. The molecule has 1 unspecified atom stereocenters. The van der Waals surface area contributed by atoms with Crippen LogP contribution in [0.3, 0.4) is 0 Å². The average Bonchev–Trinajstić information content (AvgIpc) is 2.16. The maximum atomic E-state index is 10.1. The summed E-state index contributed by atoms with van der Waals surface area (Å²) in [6.07, 6.45) is 1.14. The summed E-state index contributed by atoms with van der Waals surface area (Å²) >= 11 is 5.74. The first-order valence-electron chi connectivity index (χ1n) is 4.65. The summed E-state index contributed by atoms with van der Waals surface area (Å²) in [5.41, 5.74) is -0.0526. The molecule has 0 aromatic heterocycles. The molecule has 0 amide bonds. The Labute approximate surface area is 89.1 Å². The molecule has 0 spiro atoms. The molecule has 0 aliphatic carbocycles. The number of aliphatic hydroxyl groups is 2. The van der Waals surface area contributed by atoms with Crippen molar-refractivity contribution in [2.75, 3.05) is 6.61 Å². The van der Waals surface area contributed by atoms with Gasteiger partial charge in [-0.2, -0.15) is 0 Å². The van der Waals surface area contributed by atoms with Crippen LogP contribution >= 0.6 is 11.6 Å². The second-order valence-corrected chi connectivity index (χ2v) is 4.04. The molecule has 2 nitrogen and oxygen atoms in total. The number of halogens is 1. The van der Waals surface area contributed by atoms with E-state index in [9.17, 15) is 5.11 Å². The summed E-state index contributed by atoms with van der Waals surface area (Å²) in [4.78, 5) is 0. The predicted molar refractivity (Wildman–Crippen MR) is 57.3 cm³/mol.